The van der Waals surface area contributed by atoms with Crippen molar-refractivity contribution in [1.29, 1.82) is 0 Å². The maximum Gasteiger partial charge on any atom is 0.0885 e. The van der Waals surface area contributed by atoms with Crippen LogP contribution in [0.25, 0.3) is 0 Å². The van der Waals surface area contributed by atoms with Gasteiger partial charge < -0.3 is 4.74 Å². The normalized spacial score (nSPS) is 20.2. The molecule has 4 rings (SSSR count). The van der Waals surface area contributed by atoms with Gasteiger partial charge in [-0.05, 0) is 12.1 Å². The molecule has 2 aliphatic rings. The number of hydrogen-bond acceptors (Lipinski definition) is 4. The minimum Gasteiger partial charge on any atom is -0.373 e. The number of nitrogens with zero attached hydrogens (tertiary/aromatic N) is 5. The minimum absolute atomic E-state index is 0.524. The molecule has 0 atom stereocenters. The van der Waals surface area contributed by atoms with Gasteiger partial charge in [0.25, 0.3) is 0 Å². The van der Waals surface area contributed by atoms with Crippen LogP contribution in [0.2, 0.25) is 0 Å². The van der Waals surface area contributed by atoms with Crippen molar-refractivity contribution in [2.45, 2.75) is 25.7 Å². The first-order valence-corrected chi connectivity index (χ1v) is 6.73. The Hall–Kier alpha value is -1.66. The molecule has 0 spiro atoms. The molecule has 0 saturated carbocycles. The van der Waals surface area contributed by atoms with Crippen molar-refractivity contribution in [2.75, 3.05) is 19.7 Å². The van der Waals surface area contributed by atoms with Crippen LogP contribution in [0.15, 0.2) is 24.5 Å². The maximum absolute atomic E-state index is 5.43. The number of rotatable bonds is 3. The average Bonchev–Trinajstić information content (AvgIpc) is 3.01. The van der Waals surface area contributed by atoms with Gasteiger partial charge in [-0.25, -0.2) is 0 Å². The molecular weight excluding hydrogens is 242 g/mol. The van der Waals surface area contributed by atoms with Crippen LogP contribution in [0.3, 0.4) is 0 Å². The highest BCUT2D eigenvalue weighted by molar-refractivity contribution is 5.11. The van der Waals surface area contributed by atoms with E-state index in [0.29, 0.717) is 12.6 Å². The predicted octanol–water partition coefficient (Wildman–Crippen LogP) is 0.667. The van der Waals surface area contributed by atoms with E-state index in [1.165, 1.54) is 5.69 Å². The van der Waals surface area contributed by atoms with Crippen LogP contribution in [0.4, 0.5) is 0 Å². The van der Waals surface area contributed by atoms with E-state index in [1.807, 2.05) is 23.1 Å². The molecule has 6 heteroatoms. The van der Waals surface area contributed by atoms with E-state index in [9.17, 15) is 0 Å². The van der Waals surface area contributed by atoms with E-state index in [2.05, 4.69) is 25.8 Å². The first-order valence-electron chi connectivity index (χ1n) is 6.73. The molecule has 100 valence electrons. The van der Waals surface area contributed by atoms with Gasteiger partial charge in [0.2, 0.25) is 0 Å². The Morgan fingerprint density at radius 3 is 3.11 bits per heavy atom. The van der Waals surface area contributed by atoms with Crippen LogP contribution in [-0.2, 0) is 24.4 Å². The molecule has 0 N–H and O–H groups in total. The van der Waals surface area contributed by atoms with E-state index in [0.717, 1.165) is 38.5 Å². The molecule has 1 fully saturated rings. The molecule has 0 amide bonds. The number of fused-ring (bicyclic) bond motifs is 1. The lowest BCUT2D eigenvalue weighted by Gasteiger charge is -2.38. The molecule has 6 nitrogen and oxygen atoms in total. The van der Waals surface area contributed by atoms with Crippen molar-refractivity contribution >= 4 is 0 Å². The average molecular weight is 259 g/mol. The van der Waals surface area contributed by atoms with Crippen molar-refractivity contribution in [3.8, 4) is 0 Å². The quantitative estimate of drug-likeness (QED) is 0.813. The fourth-order valence-corrected chi connectivity index (χ4v) is 2.79. The summed E-state index contributed by atoms with van der Waals surface area (Å²) in [5.41, 5.74) is 2.35. The highest BCUT2D eigenvalue weighted by Gasteiger charge is 2.29. The summed E-state index contributed by atoms with van der Waals surface area (Å²) >= 11 is 0. The van der Waals surface area contributed by atoms with Gasteiger partial charge in [0.1, 0.15) is 0 Å². The Morgan fingerprint density at radius 1 is 1.37 bits per heavy atom. The van der Waals surface area contributed by atoms with Crippen LogP contribution < -0.4 is 0 Å². The Morgan fingerprint density at radius 2 is 2.32 bits per heavy atom. The van der Waals surface area contributed by atoms with Crippen LogP contribution in [0, 0.1) is 0 Å². The third-order valence-corrected chi connectivity index (χ3v) is 3.83. The predicted molar refractivity (Wildman–Crippen MR) is 68.4 cm³/mol. The summed E-state index contributed by atoms with van der Waals surface area (Å²) in [7, 11) is 0. The first-order chi connectivity index (χ1) is 9.38. The minimum atomic E-state index is 0.524. The highest BCUT2D eigenvalue weighted by Crippen LogP contribution is 2.22. The molecule has 19 heavy (non-hydrogen) atoms. The van der Waals surface area contributed by atoms with Crippen molar-refractivity contribution in [3.05, 3.63) is 35.9 Å². The first kappa shape index (κ1) is 11.2. The number of hydrogen-bond donors (Lipinski definition) is 0. The van der Waals surface area contributed by atoms with Gasteiger partial charge in [-0.2, -0.15) is 10.2 Å². The molecular formula is C13H17N5O. The van der Waals surface area contributed by atoms with Gasteiger partial charge in [-0.3, -0.25) is 14.3 Å². The third-order valence-electron chi connectivity index (χ3n) is 3.83. The second kappa shape index (κ2) is 4.47. The summed E-state index contributed by atoms with van der Waals surface area (Å²) in [6, 6.07) is 4.67. The molecule has 0 bridgehead atoms. The lowest BCUT2D eigenvalue weighted by molar-refractivity contribution is 0.0790. The molecule has 0 unspecified atom stereocenters. The van der Waals surface area contributed by atoms with Crippen molar-refractivity contribution < 1.29 is 4.74 Å². The zero-order chi connectivity index (χ0) is 12.7. The van der Waals surface area contributed by atoms with E-state index in [1.54, 1.807) is 0 Å². The summed E-state index contributed by atoms with van der Waals surface area (Å²) in [6.45, 7) is 5.39. The maximum atomic E-state index is 5.43. The molecule has 1 saturated heterocycles. The van der Waals surface area contributed by atoms with Crippen molar-refractivity contribution in [3.63, 3.8) is 0 Å². The zero-order valence-corrected chi connectivity index (χ0v) is 10.8. The van der Waals surface area contributed by atoms with Crippen LogP contribution in [-0.4, -0.2) is 44.2 Å². The van der Waals surface area contributed by atoms with Crippen LogP contribution in [0.1, 0.15) is 17.4 Å². The monoisotopic (exact) mass is 259 g/mol. The molecule has 2 aromatic rings. The summed E-state index contributed by atoms with van der Waals surface area (Å²) < 4.78 is 9.55. The molecule has 4 heterocycles. The van der Waals surface area contributed by atoms with E-state index in [-0.39, 0.29) is 0 Å². The Balaban J connectivity index is 1.37. The lowest BCUT2D eigenvalue weighted by atomic mass is 10.1. The number of aromatic nitrogens is 4. The molecule has 0 radical (unpaired) electrons. The second-order valence-electron chi connectivity index (χ2n) is 5.24. The number of ether oxygens (including phenoxy) is 1. The highest BCUT2D eigenvalue weighted by atomic mass is 16.5. The van der Waals surface area contributed by atoms with Crippen LogP contribution >= 0.6 is 0 Å². The van der Waals surface area contributed by atoms with E-state index < -0.39 is 0 Å². The van der Waals surface area contributed by atoms with Gasteiger partial charge in [-0.1, -0.05) is 0 Å². The summed E-state index contributed by atoms with van der Waals surface area (Å²) in [4.78, 5) is 2.40. The zero-order valence-electron chi connectivity index (χ0n) is 10.8. The Kier molecular flexibility index (Phi) is 2.63. The molecule has 0 aliphatic carbocycles. The van der Waals surface area contributed by atoms with Gasteiger partial charge >= 0.3 is 0 Å². The fraction of sp³-hybridized carbons (Fsp3) is 0.538. The summed E-state index contributed by atoms with van der Waals surface area (Å²) in [5, 5.41) is 8.92. The smallest absolute Gasteiger partial charge is 0.0885 e. The third kappa shape index (κ3) is 2.06. The van der Waals surface area contributed by atoms with Crippen LogP contribution in [0.5, 0.6) is 0 Å². The van der Waals surface area contributed by atoms with E-state index in [4.69, 9.17) is 4.74 Å². The SMILES string of the molecule is c1cnn(C2CN(Cc3cc4n(n3)CCOC4)C2)c1. The Bertz CT molecular complexity index is 532. The second-order valence-corrected chi connectivity index (χ2v) is 5.24. The Labute approximate surface area is 111 Å². The largest absolute Gasteiger partial charge is 0.373 e. The summed E-state index contributed by atoms with van der Waals surface area (Å²) in [5.74, 6) is 0. The van der Waals surface area contributed by atoms with Gasteiger partial charge in [0.05, 0.1) is 37.2 Å². The standard InChI is InChI=1S/C13H17N5O/c1-2-14-17(3-1)13-8-16(9-13)7-11-6-12-10-19-5-4-18(12)15-11/h1-3,6,13H,4-5,7-10H2. The molecule has 0 aromatic carbocycles. The lowest BCUT2D eigenvalue weighted by Crippen LogP contribution is -2.47. The molecule has 2 aromatic heterocycles. The van der Waals surface area contributed by atoms with E-state index >= 15 is 0 Å². The van der Waals surface area contributed by atoms with Crippen molar-refractivity contribution in [1.82, 2.24) is 24.5 Å². The van der Waals surface area contributed by atoms with Crippen molar-refractivity contribution in [2.24, 2.45) is 0 Å². The topological polar surface area (TPSA) is 48.1 Å². The van der Waals surface area contributed by atoms with Gasteiger partial charge in [-0.15, -0.1) is 0 Å². The van der Waals surface area contributed by atoms with Gasteiger partial charge in [0.15, 0.2) is 0 Å². The fourth-order valence-electron chi connectivity index (χ4n) is 2.79. The summed E-state index contributed by atoms with van der Waals surface area (Å²) in [6.07, 6.45) is 3.88. The number of likely N-dealkylation sites (tertiary alicyclic amines) is 1. The molecule has 2 aliphatic heterocycles. The van der Waals surface area contributed by atoms with Gasteiger partial charge in [0, 0.05) is 32.0 Å².